The van der Waals surface area contributed by atoms with E-state index < -0.39 is 8.07 Å². The predicted molar refractivity (Wildman–Crippen MR) is 299 cm³/mol. The molecule has 0 saturated carbocycles. The van der Waals surface area contributed by atoms with Crippen molar-refractivity contribution < 1.29 is 57.7 Å². The summed E-state index contributed by atoms with van der Waals surface area (Å²) in [4.78, 5) is 0. The van der Waals surface area contributed by atoms with Crippen LogP contribution in [0.15, 0.2) is 260 Å². The molecule has 0 saturated heterocycles. The van der Waals surface area contributed by atoms with E-state index in [1.54, 1.807) is 0 Å². The molecule has 5 heteroatoms. The molecule has 0 aliphatic heterocycles. The van der Waals surface area contributed by atoms with Crippen LogP contribution in [0.3, 0.4) is 0 Å². The van der Waals surface area contributed by atoms with Gasteiger partial charge < -0.3 is 37.2 Å². The predicted octanol–water partition coefficient (Wildman–Crippen LogP) is 5.50. The second-order valence-corrected chi connectivity index (χ2v) is 26.1. The van der Waals surface area contributed by atoms with Crippen LogP contribution in [0.4, 0.5) is 0 Å². The van der Waals surface area contributed by atoms with Crippen molar-refractivity contribution in [1.82, 2.24) is 0 Å². The average Bonchev–Trinajstić information content (AvgIpc) is 3.80. The van der Waals surface area contributed by atoms with Crippen LogP contribution in [0.25, 0.3) is 0 Å². The van der Waals surface area contributed by atoms with Gasteiger partial charge in [0.1, 0.15) is 0 Å². The van der Waals surface area contributed by atoms with Crippen LogP contribution in [0.1, 0.15) is 87.0 Å². The Morgan fingerprint density at radius 1 is 0.351 bits per heavy atom. The monoisotopic (exact) mass is 1070 g/mol. The second kappa shape index (κ2) is 26.2. The first-order valence-electron chi connectivity index (χ1n) is 25.6. The summed E-state index contributed by atoms with van der Waals surface area (Å²) in [5.41, 5.74) is 17.6. The number of benzene rings is 9. The second-order valence-electron chi connectivity index (χ2n) is 20.0. The van der Waals surface area contributed by atoms with E-state index in [9.17, 15) is 0 Å². The maximum atomic E-state index is 2.73. The molecule has 0 bridgehead atoms. The van der Waals surface area contributed by atoms with Gasteiger partial charge >= 0.3 is 439 Å². The molecule has 0 amide bonds. The number of halogens is 3. The molecule has 0 nitrogen and oxygen atoms in total. The van der Waals surface area contributed by atoms with Crippen LogP contribution in [-0.4, -0.2) is 8.07 Å². The summed E-state index contributed by atoms with van der Waals surface area (Å²) in [6.45, 7) is 4.76. The Morgan fingerprint density at radius 3 is 0.797 bits per heavy atom. The number of rotatable bonds is 18. The van der Waals surface area contributed by atoms with Crippen LogP contribution >= 0.6 is 0 Å². The zero-order chi connectivity index (χ0) is 48.5. The van der Waals surface area contributed by atoms with Gasteiger partial charge in [-0.1, -0.05) is 0 Å². The fraction of sp³-hybridized carbons (Fsp3) is 0.159. The van der Waals surface area contributed by atoms with Crippen LogP contribution in [0.5, 0.6) is 0 Å². The summed E-state index contributed by atoms with van der Waals surface area (Å²) in [6, 6.07) is 90.1. The minimum absolute atomic E-state index is 0. The van der Waals surface area contributed by atoms with Crippen molar-refractivity contribution >= 4 is 23.6 Å². The third-order valence-corrected chi connectivity index (χ3v) is 22.0. The first kappa shape index (κ1) is 56.0. The van der Waals surface area contributed by atoms with Gasteiger partial charge in [-0.2, -0.15) is 0 Å². The normalized spacial score (nSPS) is 14.2. The van der Waals surface area contributed by atoms with Gasteiger partial charge in [0.15, 0.2) is 0 Å². The van der Waals surface area contributed by atoms with Gasteiger partial charge in [-0.25, -0.2) is 0 Å². The zero-order valence-corrected chi connectivity index (χ0v) is 47.2. The largest absolute Gasteiger partial charge is 1.00 e. The van der Waals surface area contributed by atoms with Crippen LogP contribution in [0, 0.1) is 5.92 Å². The third kappa shape index (κ3) is 13.2. The van der Waals surface area contributed by atoms with Gasteiger partial charge in [0, 0.05) is 0 Å². The maximum absolute atomic E-state index is 3.27. The molecule has 74 heavy (non-hydrogen) atoms. The molecule has 2 atom stereocenters. The van der Waals surface area contributed by atoms with E-state index in [0.717, 1.165) is 44.9 Å². The number of hydrogen-bond acceptors (Lipinski definition) is 0. The molecule has 0 radical (unpaired) electrons. The third-order valence-electron chi connectivity index (χ3n) is 14.7. The Labute approximate surface area is 472 Å². The van der Waals surface area contributed by atoms with E-state index in [4.69, 9.17) is 0 Å². The first-order chi connectivity index (χ1) is 34.8. The molecular weight excluding hydrogens is 1010 g/mol. The minimum atomic E-state index is -3.27. The summed E-state index contributed by atoms with van der Waals surface area (Å²) in [5.74, 6) is 0.439. The summed E-state index contributed by atoms with van der Waals surface area (Å²) < 4.78 is -0.341. The fourth-order valence-electron chi connectivity index (χ4n) is 11.1. The van der Waals surface area contributed by atoms with Gasteiger partial charge in [-0.05, 0) is 0 Å². The summed E-state index contributed by atoms with van der Waals surface area (Å²) >= 11 is 2.60. The van der Waals surface area contributed by atoms with Gasteiger partial charge in [0.05, 0.1) is 0 Å². The van der Waals surface area contributed by atoms with Crippen molar-refractivity contribution in [2.45, 2.75) is 62.1 Å². The average molecular weight is 1070 g/mol. The molecule has 0 fully saturated rings. The van der Waals surface area contributed by atoms with E-state index in [1.165, 1.54) is 87.9 Å². The minimum Gasteiger partial charge on any atom is -1.00 e. The zero-order valence-electron chi connectivity index (χ0n) is 42.4. The summed E-state index contributed by atoms with van der Waals surface area (Å²) in [5, 5.41) is 4.40. The van der Waals surface area contributed by atoms with Crippen molar-refractivity contribution in [3.05, 3.63) is 327 Å². The van der Waals surface area contributed by atoms with Gasteiger partial charge in [-0.3, -0.25) is 0 Å². The van der Waals surface area contributed by atoms with E-state index in [2.05, 4.69) is 289 Å². The first-order valence-corrected chi connectivity index (χ1v) is 28.4. The topological polar surface area (TPSA) is 0 Å². The Bertz CT molecular complexity index is 2760. The standard InChI is InChI=1S/C69H63Si.3ClH.Ti/c1-3-52(2)65-34-35-66(51-65)70(67-45-59(36-53-22-10-4-11-23-53)42-60(46-67)37-54-24-12-5-13-25-54,68-47-61(38-55-26-14-6-15-27-55)43-62(48-68)39-56-28-16-7-17-29-56)69-49-63(40-57-30-18-8-19-31-57)44-64(50-69)41-58-32-20-9-21-33-58;;;;/h4-35,42-52H,3,36-41H2,1-2H3;3*1H;/q;;;;+3/p-3. The molecule has 368 valence electrons. The van der Waals surface area contributed by atoms with Crippen LogP contribution in [0.2, 0.25) is 3.34 Å². The van der Waals surface area contributed by atoms with E-state index in [0.29, 0.717) is 5.92 Å². The SMILES string of the molecule is CCC(C)C1=C[C]([Ti+3])([Si](c2cc(Cc3ccccc3)cc(Cc3ccccc3)c2)(c2cc(Cc3ccccc3)cc(Cc3ccccc3)c2)c2cc(Cc3ccccc3)cc(Cc3ccccc3)c2)C=C1.[Cl-].[Cl-].[Cl-]. The Morgan fingerprint density at radius 2 is 0.581 bits per heavy atom. The van der Waals surface area contributed by atoms with Crippen LogP contribution < -0.4 is 52.8 Å². The molecule has 9 aromatic rings. The molecular formula is C69H63Cl3SiTi. The Kier molecular flexibility index (Phi) is 19.8. The maximum Gasteiger partial charge on any atom is -1.00 e. The summed E-state index contributed by atoms with van der Waals surface area (Å²) in [7, 11) is -3.27. The summed E-state index contributed by atoms with van der Waals surface area (Å²) in [6.07, 6.45) is 14.2. The van der Waals surface area contributed by atoms with Crippen molar-refractivity contribution in [3.8, 4) is 0 Å². The molecule has 10 rings (SSSR count). The molecule has 0 spiro atoms. The van der Waals surface area contributed by atoms with Gasteiger partial charge in [0.25, 0.3) is 0 Å². The quantitative estimate of drug-likeness (QED) is 0.0788. The molecule has 0 N–H and O–H groups in total. The van der Waals surface area contributed by atoms with E-state index in [-0.39, 0.29) is 40.6 Å². The van der Waals surface area contributed by atoms with E-state index in [1.807, 2.05) is 0 Å². The smallest absolute Gasteiger partial charge is 1.00 e. The molecule has 9 aromatic carbocycles. The van der Waals surface area contributed by atoms with Crippen molar-refractivity contribution in [1.29, 1.82) is 0 Å². The molecule has 1 aliphatic carbocycles. The van der Waals surface area contributed by atoms with Crippen molar-refractivity contribution in [2.75, 3.05) is 0 Å². The van der Waals surface area contributed by atoms with Gasteiger partial charge in [-0.15, -0.1) is 0 Å². The fourth-order valence-corrected chi connectivity index (χ4v) is 19.1. The molecule has 0 aromatic heterocycles. The van der Waals surface area contributed by atoms with E-state index >= 15 is 0 Å². The number of hydrogen-bond donors (Lipinski definition) is 0. The van der Waals surface area contributed by atoms with Crippen molar-refractivity contribution in [3.63, 3.8) is 0 Å². The molecule has 1 aliphatic rings. The molecule has 2 unspecified atom stereocenters. The van der Waals surface area contributed by atoms with Crippen molar-refractivity contribution in [2.24, 2.45) is 5.92 Å². The Hall–Kier alpha value is -5.74. The molecule has 0 heterocycles. The van der Waals surface area contributed by atoms with Crippen LogP contribution in [-0.2, 0) is 59.0 Å². The number of allylic oxidation sites excluding steroid dienone is 4. The van der Waals surface area contributed by atoms with Gasteiger partial charge in [0.2, 0.25) is 0 Å². The Balaban J connectivity index is 0.00000267.